The average molecular weight is 448 g/mol. The van der Waals surface area contributed by atoms with E-state index in [9.17, 15) is 9.59 Å². The minimum Gasteiger partial charge on any atom is -0.497 e. The second-order valence-electron chi connectivity index (χ2n) is 7.65. The van der Waals surface area contributed by atoms with Crippen LogP contribution in [-0.2, 0) is 16.1 Å². The maximum atomic E-state index is 13.3. The molecular weight excluding hydrogens is 428 g/mol. The molecule has 0 bridgehead atoms. The molecule has 0 aliphatic carbocycles. The molecule has 0 spiro atoms. The number of carbonyl (C=O) groups is 2. The molecule has 2 atom stereocenters. The quantitative estimate of drug-likeness (QED) is 0.527. The molecule has 0 N–H and O–H groups in total. The number of fused-ring (bicyclic) bond motifs is 1. The van der Waals surface area contributed by atoms with Crippen LogP contribution in [-0.4, -0.2) is 53.3 Å². The van der Waals surface area contributed by atoms with Crippen LogP contribution in [0.4, 0.5) is 5.69 Å². The molecule has 11 heteroatoms. The standard InChI is InChI=1S/C22H20N6O5/c1-12-4-6-13(7-5-12)20-23-17(33-25-20)11-27-19-18(24-26-27)21(29)28(22(19)30)14-8-15(31-2)10-16(9-14)32-3/h4-10,18-19H,11H2,1-3H3/t18-,19-/m1/s1. The number of anilines is 1. The monoisotopic (exact) mass is 448 g/mol. The third-order valence-corrected chi connectivity index (χ3v) is 5.53. The fourth-order valence-corrected chi connectivity index (χ4v) is 3.81. The van der Waals surface area contributed by atoms with Crippen molar-refractivity contribution in [1.82, 2.24) is 15.1 Å². The topological polar surface area (TPSA) is 123 Å². The van der Waals surface area contributed by atoms with E-state index in [4.69, 9.17) is 14.0 Å². The molecule has 1 aromatic heterocycles. The Hall–Kier alpha value is -4.28. The summed E-state index contributed by atoms with van der Waals surface area (Å²) >= 11 is 0. The van der Waals surface area contributed by atoms with Crippen LogP contribution in [0.5, 0.6) is 11.5 Å². The van der Waals surface area contributed by atoms with E-state index < -0.39 is 23.9 Å². The SMILES string of the molecule is COc1cc(OC)cc(N2C(=O)[C@@H]3N=NN(Cc4nc(-c5ccc(C)cc5)no4)[C@H]3C2=O)c1. The van der Waals surface area contributed by atoms with Crippen LogP contribution in [0.1, 0.15) is 11.5 Å². The fourth-order valence-electron chi connectivity index (χ4n) is 3.81. The van der Waals surface area contributed by atoms with Crippen LogP contribution < -0.4 is 14.4 Å². The van der Waals surface area contributed by atoms with Gasteiger partial charge < -0.3 is 14.0 Å². The molecule has 11 nitrogen and oxygen atoms in total. The molecule has 1 saturated heterocycles. The van der Waals surface area contributed by atoms with E-state index in [-0.39, 0.29) is 12.4 Å². The van der Waals surface area contributed by atoms with Crippen molar-refractivity contribution in [2.45, 2.75) is 25.6 Å². The van der Waals surface area contributed by atoms with E-state index in [1.807, 2.05) is 31.2 Å². The van der Waals surface area contributed by atoms with Gasteiger partial charge in [0.05, 0.1) is 19.9 Å². The summed E-state index contributed by atoms with van der Waals surface area (Å²) in [4.78, 5) is 31.7. The van der Waals surface area contributed by atoms with Crippen LogP contribution in [0, 0.1) is 6.92 Å². The molecule has 0 unspecified atom stereocenters. The summed E-state index contributed by atoms with van der Waals surface area (Å²) in [6.45, 7) is 2.03. The van der Waals surface area contributed by atoms with Gasteiger partial charge in [0.2, 0.25) is 11.7 Å². The largest absolute Gasteiger partial charge is 0.497 e. The zero-order valence-electron chi connectivity index (χ0n) is 18.1. The molecule has 3 heterocycles. The van der Waals surface area contributed by atoms with E-state index in [0.29, 0.717) is 23.0 Å². The van der Waals surface area contributed by atoms with Crippen molar-refractivity contribution in [3.05, 3.63) is 53.9 Å². The minimum atomic E-state index is -0.950. The third-order valence-electron chi connectivity index (χ3n) is 5.53. The molecule has 2 amide bonds. The highest BCUT2D eigenvalue weighted by Gasteiger charge is 2.55. The number of aromatic nitrogens is 2. The number of ether oxygens (including phenoxy) is 2. The number of hydrogen-bond acceptors (Lipinski definition) is 10. The highest BCUT2D eigenvalue weighted by atomic mass is 16.5. The lowest BCUT2D eigenvalue weighted by Gasteiger charge is -2.20. The lowest BCUT2D eigenvalue weighted by Crippen LogP contribution is -2.39. The lowest BCUT2D eigenvalue weighted by atomic mass is 10.1. The van der Waals surface area contributed by atoms with Gasteiger partial charge in [-0.05, 0) is 6.92 Å². The molecule has 168 valence electrons. The number of methoxy groups -OCH3 is 2. The van der Waals surface area contributed by atoms with Gasteiger partial charge in [-0.15, -0.1) is 0 Å². The normalized spacial score (nSPS) is 19.4. The summed E-state index contributed by atoms with van der Waals surface area (Å²) in [6, 6.07) is 10.7. The lowest BCUT2D eigenvalue weighted by molar-refractivity contribution is -0.123. The number of imide groups is 1. The minimum absolute atomic E-state index is 0.0395. The zero-order chi connectivity index (χ0) is 23.1. The molecule has 0 radical (unpaired) electrons. The smallest absolute Gasteiger partial charge is 0.263 e. The van der Waals surface area contributed by atoms with E-state index in [2.05, 4.69) is 20.5 Å². The number of aryl methyl sites for hydroxylation is 1. The molecule has 0 saturated carbocycles. The van der Waals surface area contributed by atoms with E-state index in [1.165, 1.54) is 19.2 Å². The van der Waals surface area contributed by atoms with Gasteiger partial charge in [-0.25, -0.2) is 4.90 Å². The van der Waals surface area contributed by atoms with Crippen molar-refractivity contribution >= 4 is 17.5 Å². The number of amides is 2. The van der Waals surface area contributed by atoms with Crippen LogP contribution in [0.25, 0.3) is 11.4 Å². The van der Waals surface area contributed by atoms with Gasteiger partial charge in [-0.2, -0.15) is 10.1 Å². The maximum Gasteiger partial charge on any atom is 0.263 e. The summed E-state index contributed by atoms with van der Waals surface area (Å²) in [6.07, 6.45) is 0. The first-order valence-corrected chi connectivity index (χ1v) is 10.2. The molecule has 3 aromatic rings. The number of rotatable bonds is 6. The molecule has 2 aliphatic heterocycles. The van der Waals surface area contributed by atoms with Gasteiger partial charge in [0.15, 0.2) is 12.1 Å². The predicted octanol–water partition coefficient (Wildman–Crippen LogP) is 2.56. The van der Waals surface area contributed by atoms with Crippen molar-refractivity contribution < 1.29 is 23.6 Å². The van der Waals surface area contributed by atoms with E-state index in [0.717, 1.165) is 16.0 Å². The van der Waals surface area contributed by atoms with E-state index in [1.54, 1.807) is 18.2 Å². The first kappa shape index (κ1) is 20.6. The Balaban J connectivity index is 1.37. The Morgan fingerprint density at radius 1 is 1.00 bits per heavy atom. The van der Waals surface area contributed by atoms with Gasteiger partial charge >= 0.3 is 0 Å². The Morgan fingerprint density at radius 3 is 2.36 bits per heavy atom. The Kier molecular flexibility index (Phi) is 5.00. The van der Waals surface area contributed by atoms with Crippen LogP contribution >= 0.6 is 0 Å². The first-order valence-electron chi connectivity index (χ1n) is 10.2. The van der Waals surface area contributed by atoms with Gasteiger partial charge in [-0.3, -0.25) is 14.6 Å². The highest BCUT2D eigenvalue weighted by molar-refractivity contribution is 6.25. The molecule has 33 heavy (non-hydrogen) atoms. The summed E-state index contributed by atoms with van der Waals surface area (Å²) < 4.78 is 15.9. The highest BCUT2D eigenvalue weighted by Crippen LogP contribution is 2.36. The van der Waals surface area contributed by atoms with Gasteiger partial charge in [0.25, 0.3) is 11.8 Å². The summed E-state index contributed by atoms with van der Waals surface area (Å²) in [5, 5.41) is 13.4. The first-order chi connectivity index (χ1) is 16.0. The Labute approximate surface area is 188 Å². The average Bonchev–Trinajstić information content (AvgIpc) is 3.52. The summed E-state index contributed by atoms with van der Waals surface area (Å²) in [7, 11) is 2.98. The summed E-state index contributed by atoms with van der Waals surface area (Å²) in [5.74, 6) is 0.662. The van der Waals surface area contributed by atoms with E-state index >= 15 is 0 Å². The maximum absolute atomic E-state index is 13.3. The fraction of sp³-hybridized carbons (Fsp3) is 0.273. The number of carbonyl (C=O) groups excluding carboxylic acids is 2. The second kappa shape index (κ2) is 8.01. The van der Waals surface area contributed by atoms with Gasteiger partial charge in [-0.1, -0.05) is 40.2 Å². The molecular formula is C22H20N6O5. The third kappa shape index (κ3) is 3.56. The van der Waals surface area contributed by atoms with Crippen LogP contribution in [0.2, 0.25) is 0 Å². The summed E-state index contributed by atoms with van der Waals surface area (Å²) in [5.41, 5.74) is 2.26. The Bertz CT molecular complexity index is 1230. The molecule has 5 rings (SSSR count). The van der Waals surface area contributed by atoms with Crippen LogP contribution in [0.15, 0.2) is 57.3 Å². The molecule has 2 aromatic carbocycles. The van der Waals surface area contributed by atoms with Crippen molar-refractivity contribution in [2.24, 2.45) is 10.3 Å². The van der Waals surface area contributed by atoms with Gasteiger partial charge in [0.1, 0.15) is 18.0 Å². The number of nitrogens with zero attached hydrogens (tertiary/aromatic N) is 6. The zero-order valence-corrected chi connectivity index (χ0v) is 18.1. The van der Waals surface area contributed by atoms with Gasteiger partial charge in [0, 0.05) is 23.8 Å². The number of hydrogen-bond donors (Lipinski definition) is 0. The van der Waals surface area contributed by atoms with Crippen molar-refractivity contribution in [2.75, 3.05) is 19.1 Å². The Morgan fingerprint density at radius 2 is 1.70 bits per heavy atom. The van der Waals surface area contributed by atoms with Crippen molar-refractivity contribution in [3.8, 4) is 22.9 Å². The molecule has 1 fully saturated rings. The van der Waals surface area contributed by atoms with Crippen LogP contribution in [0.3, 0.4) is 0 Å². The predicted molar refractivity (Wildman–Crippen MR) is 114 cm³/mol. The molecule has 2 aliphatic rings. The second-order valence-corrected chi connectivity index (χ2v) is 7.65. The van der Waals surface area contributed by atoms with Crippen molar-refractivity contribution in [1.29, 1.82) is 0 Å². The van der Waals surface area contributed by atoms with Crippen molar-refractivity contribution in [3.63, 3.8) is 0 Å². The number of benzene rings is 2.